The van der Waals surface area contributed by atoms with Crippen LogP contribution in [0.25, 0.3) is 0 Å². The van der Waals surface area contributed by atoms with Crippen LogP contribution in [0.2, 0.25) is 0 Å². The number of nitro benzene ring substituents is 1. The summed E-state index contributed by atoms with van der Waals surface area (Å²) in [5.74, 6) is -0.501. The van der Waals surface area contributed by atoms with Crippen molar-refractivity contribution in [3.63, 3.8) is 0 Å². The molecule has 8 nitrogen and oxygen atoms in total. The molecule has 0 aromatic heterocycles. The molecule has 0 radical (unpaired) electrons. The van der Waals surface area contributed by atoms with Gasteiger partial charge in [0.1, 0.15) is 11.5 Å². The van der Waals surface area contributed by atoms with E-state index in [2.05, 4.69) is 9.73 Å². The van der Waals surface area contributed by atoms with Crippen molar-refractivity contribution in [3.05, 3.63) is 64.2 Å². The second-order valence-electron chi connectivity index (χ2n) is 5.15. The molecule has 2 aromatic rings. The van der Waals surface area contributed by atoms with Crippen molar-refractivity contribution in [2.24, 2.45) is 4.99 Å². The lowest BCUT2D eigenvalue weighted by Gasteiger charge is -2.05. The smallest absolute Gasteiger partial charge is 0.352 e. The van der Waals surface area contributed by atoms with Gasteiger partial charge in [-0.1, -0.05) is 0 Å². The number of hydrogen-bond acceptors (Lipinski definition) is 7. The van der Waals surface area contributed by atoms with Gasteiger partial charge in [0.15, 0.2) is 5.78 Å². The topological polar surface area (TPSA) is 108 Å². The Kier molecular flexibility index (Phi) is 6.15. The highest BCUT2D eigenvalue weighted by atomic mass is 16.6. The highest BCUT2D eigenvalue weighted by Crippen LogP contribution is 2.19. The summed E-state index contributed by atoms with van der Waals surface area (Å²) in [6, 6.07) is 11.7. The Hall–Kier alpha value is -3.55. The number of methoxy groups -OCH3 is 2. The molecule has 0 unspecified atom stereocenters. The lowest BCUT2D eigenvalue weighted by Crippen LogP contribution is -2.19. The maximum atomic E-state index is 12.4. The third-order valence-corrected chi connectivity index (χ3v) is 3.49. The first-order chi connectivity index (χ1) is 12.4. The van der Waals surface area contributed by atoms with E-state index in [1.807, 2.05) is 0 Å². The molecule has 0 saturated carbocycles. The van der Waals surface area contributed by atoms with Gasteiger partial charge >= 0.3 is 5.97 Å². The van der Waals surface area contributed by atoms with Crippen molar-refractivity contribution >= 4 is 28.8 Å². The fraction of sp³-hybridized carbons (Fsp3) is 0.167. The van der Waals surface area contributed by atoms with E-state index in [9.17, 15) is 19.7 Å². The number of rotatable bonds is 7. The van der Waals surface area contributed by atoms with Crippen molar-refractivity contribution in [1.29, 1.82) is 0 Å². The summed E-state index contributed by atoms with van der Waals surface area (Å²) in [6.45, 7) is 0. The van der Waals surface area contributed by atoms with Gasteiger partial charge in [0, 0.05) is 17.7 Å². The minimum absolute atomic E-state index is 0.0685. The lowest BCUT2D eigenvalue weighted by molar-refractivity contribution is -0.384. The summed E-state index contributed by atoms with van der Waals surface area (Å²) >= 11 is 0. The van der Waals surface area contributed by atoms with Gasteiger partial charge in [0.25, 0.3) is 5.69 Å². The highest BCUT2D eigenvalue weighted by Gasteiger charge is 2.18. The number of nitro groups is 1. The van der Waals surface area contributed by atoms with Gasteiger partial charge in [-0.3, -0.25) is 14.9 Å². The van der Waals surface area contributed by atoms with Crippen LogP contribution in [-0.2, 0) is 9.53 Å². The average molecular weight is 356 g/mol. The van der Waals surface area contributed by atoms with Crippen molar-refractivity contribution in [2.75, 3.05) is 14.2 Å². The fourth-order valence-electron chi connectivity index (χ4n) is 2.11. The Bertz CT molecular complexity index is 841. The third-order valence-electron chi connectivity index (χ3n) is 3.49. The second-order valence-corrected chi connectivity index (χ2v) is 5.15. The van der Waals surface area contributed by atoms with Gasteiger partial charge in [-0.15, -0.1) is 0 Å². The van der Waals surface area contributed by atoms with Gasteiger partial charge in [-0.25, -0.2) is 9.79 Å². The van der Waals surface area contributed by atoms with E-state index in [4.69, 9.17) is 4.74 Å². The molecule has 0 spiro atoms. The zero-order chi connectivity index (χ0) is 19.1. The Morgan fingerprint density at radius 1 is 1.04 bits per heavy atom. The van der Waals surface area contributed by atoms with Gasteiger partial charge in [0.2, 0.25) is 0 Å². The molecule has 26 heavy (non-hydrogen) atoms. The number of hydrogen-bond donors (Lipinski definition) is 0. The first-order valence-corrected chi connectivity index (χ1v) is 7.52. The van der Waals surface area contributed by atoms with Crippen molar-refractivity contribution in [1.82, 2.24) is 0 Å². The van der Waals surface area contributed by atoms with Gasteiger partial charge < -0.3 is 9.47 Å². The fourth-order valence-corrected chi connectivity index (χ4v) is 2.11. The number of carbonyl (C=O) groups excluding carboxylic acids is 2. The number of Topliss-reactive ketones (excluding diaryl/α,β-unsaturated/α-hetero) is 1. The molecule has 0 saturated heterocycles. The molecular formula is C18H16N2O6. The highest BCUT2D eigenvalue weighted by molar-refractivity contribution is 6.41. The van der Waals surface area contributed by atoms with E-state index in [0.29, 0.717) is 11.4 Å². The molecule has 0 aliphatic rings. The molecule has 0 N–H and O–H groups in total. The standard InChI is InChI=1S/C18H16N2O6/c1-25-15-9-5-13(6-10-15)19-16(18(22)26-2)11-17(21)12-3-7-14(8-4-12)20(23)24/h3-10H,11H2,1-2H3. The third kappa shape index (κ3) is 4.73. The monoisotopic (exact) mass is 356 g/mol. The number of esters is 1. The summed E-state index contributed by atoms with van der Waals surface area (Å²) in [6.07, 6.45) is -0.295. The normalized spacial score (nSPS) is 10.9. The number of non-ortho nitro benzene ring substituents is 1. The molecule has 0 heterocycles. The van der Waals surface area contributed by atoms with Crippen LogP contribution < -0.4 is 4.74 Å². The summed E-state index contributed by atoms with van der Waals surface area (Å²) in [5.41, 5.74) is 0.507. The molecular weight excluding hydrogens is 340 g/mol. The zero-order valence-corrected chi connectivity index (χ0v) is 14.2. The number of ether oxygens (including phenoxy) is 2. The average Bonchev–Trinajstić information content (AvgIpc) is 2.67. The van der Waals surface area contributed by atoms with Crippen LogP contribution in [0.1, 0.15) is 16.8 Å². The predicted molar refractivity (Wildman–Crippen MR) is 94.1 cm³/mol. The van der Waals surface area contributed by atoms with Crippen molar-refractivity contribution in [2.45, 2.75) is 6.42 Å². The van der Waals surface area contributed by atoms with Gasteiger partial charge in [-0.2, -0.15) is 0 Å². The molecule has 8 heteroatoms. The number of aliphatic imine (C=N–C) groups is 1. The summed E-state index contributed by atoms with van der Waals surface area (Å²) < 4.78 is 9.73. The van der Waals surface area contributed by atoms with Crippen LogP contribution in [0, 0.1) is 10.1 Å². The van der Waals surface area contributed by atoms with E-state index in [0.717, 1.165) is 0 Å². The number of carbonyl (C=O) groups is 2. The van der Waals surface area contributed by atoms with Crippen LogP contribution in [0.4, 0.5) is 11.4 Å². The molecule has 134 valence electrons. The van der Waals surface area contributed by atoms with E-state index in [1.54, 1.807) is 24.3 Å². The maximum absolute atomic E-state index is 12.4. The van der Waals surface area contributed by atoms with Crippen molar-refractivity contribution in [3.8, 4) is 5.75 Å². The second kappa shape index (κ2) is 8.52. The Labute approximate surface area is 149 Å². The minimum Gasteiger partial charge on any atom is -0.497 e. The van der Waals surface area contributed by atoms with E-state index < -0.39 is 16.7 Å². The van der Waals surface area contributed by atoms with Crippen LogP contribution in [-0.4, -0.2) is 36.6 Å². The number of nitrogens with zero attached hydrogens (tertiary/aromatic N) is 2. The molecule has 0 atom stereocenters. The molecule has 0 fully saturated rings. The summed E-state index contributed by atoms with van der Waals surface area (Å²) in [7, 11) is 2.73. The minimum atomic E-state index is -0.726. The largest absolute Gasteiger partial charge is 0.497 e. The van der Waals surface area contributed by atoms with Crippen LogP contribution in [0.15, 0.2) is 53.5 Å². The van der Waals surface area contributed by atoms with Gasteiger partial charge in [0.05, 0.1) is 31.3 Å². The molecule has 0 aliphatic heterocycles. The van der Waals surface area contributed by atoms with Crippen LogP contribution >= 0.6 is 0 Å². The number of benzene rings is 2. The molecule has 2 rings (SSSR count). The molecule has 0 bridgehead atoms. The van der Waals surface area contributed by atoms with E-state index in [1.165, 1.54) is 38.5 Å². The number of ketones is 1. The Morgan fingerprint density at radius 2 is 1.65 bits per heavy atom. The summed E-state index contributed by atoms with van der Waals surface area (Å²) in [5, 5.41) is 10.7. The SMILES string of the molecule is COC(=O)C(CC(=O)c1ccc([N+](=O)[O-])cc1)=Nc1ccc(OC)cc1. The van der Waals surface area contributed by atoms with E-state index >= 15 is 0 Å². The zero-order valence-electron chi connectivity index (χ0n) is 14.2. The molecule has 0 aliphatic carbocycles. The van der Waals surface area contributed by atoms with Crippen LogP contribution in [0.5, 0.6) is 5.75 Å². The predicted octanol–water partition coefficient (Wildman–Crippen LogP) is 3.12. The van der Waals surface area contributed by atoms with Gasteiger partial charge in [-0.05, 0) is 36.4 Å². The van der Waals surface area contributed by atoms with Crippen molar-refractivity contribution < 1.29 is 24.0 Å². The summed E-state index contributed by atoms with van der Waals surface area (Å²) in [4.78, 5) is 38.6. The lowest BCUT2D eigenvalue weighted by atomic mass is 10.1. The Morgan fingerprint density at radius 3 is 2.15 bits per heavy atom. The Balaban J connectivity index is 2.23. The quantitative estimate of drug-likeness (QED) is 0.248. The van der Waals surface area contributed by atoms with E-state index in [-0.39, 0.29) is 23.4 Å². The molecule has 0 amide bonds. The maximum Gasteiger partial charge on any atom is 0.352 e. The van der Waals surface area contributed by atoms with Crippen LogP contribution in [0.3, 0.4) is 0 Å². The first kappa shape index (κ1) is 18.8. The molecule has 2 aromatic carbocycles. The first-order valence-electron chi connectivity index (χ1n) is 7.52.